The van der Waals surface area contributed by atoms with E-state index in [0.29, 0.717) is 17.4 Å². The third-order valence-electron chi connectivity index (χ3n) is 2.26. The van der Waals surface area contributed by atoms with E-state index in [4.69, 9.17) is 16.3 Å². The molecule has 84 valence electrons. The van der Waals surface area contributed by atoms with Crippen molar-refractivity contribution in [1.29, 1.82) is 0 Å². The molecule has 0 aliphatic rings. The molecule has 0 unspecified atom stereocenters. The van der Waals surface area contributed by atoms with E-state index in [2.05, 4.69) is 11.9 Å². The second-order valence-corrected chi connectivity index (χ2v) is 5.16. The maximum atomic E-state index is 5.98. The highest BCUT2D eigenvalue weighted by atomic mass is 35.5. The Morgan fingerprint density at radius 1 is 1.31 bits per heavy atom. The number of ether oxygens (including phenoxy) is 1. The van der Waals surface area contributed by atoms with Gasteiger partial charge in [0, 0.05) is 4.88 Å². The van der Waals surface area contributed by atoms with Crippen LogP contribution in [0, 0.1) is 13.8 Å². The fraction of sp³-hybridized carbons (Fsp3) is 0.250. The van der Waals surface area contributed by atoms with Gasteiger partial charge in [0.2, 0.25) is 0 Å². The van der Waals surface area contributed by atoms with Gasteiger partial charge in [0.15, 0.2) is 0 Å². The fourth-order valence-corrected chi connectivity index (χ4v) is 2.34. The predicted molar refractivity (Wildman–Crippen MR) is 67.4 cm³/mol. The van der Waals surface area contributed by atoms with Crippen LogP contribution in [-0.2, 0) is 6.61 Å². The Hall–Kier alpha value is -1.06. The highest BCUT2D eigenvalue weighted by Crippen LogP contribution is 2.25. The number of thiazole rings is 1. The molecule has 0 aliphatic heterocycles. The van der Waals surface area contributed by atoms with Crippen molar-refractivity contribution in [3.63, 3.8) is 0 Å². The molecule has 1 aromatic carbocycles. The van der Waals surface area contributed by atoms with Crippen molar-refractivity contribution >= 4 is 22.9 Å². The Labute approximate surface area is 104 Å². The van der Waals surface area contributed by atoms with E-state index in [-0.39, 0.29) is 0 Å². The van der Waals surface area contributed by atoms with Crippen molar-refractivity contribution < 1.29 is 4.74 Å². The highest BCUT2D eigenvalue weighted by molar-refractivity contribution is 7.11. The quantitative estimate of drug-likeness (QED) is 0.825. The van der Waals surface area contributed by atoms with Crippen molar-refractivity contribution in [2.45, 2.75) is 20.5 Å². The lowest BCUT2D eigenvalue weighted by molar-refractivity contribution is 0.305. The number of para-hydroxylation sites is 1. The monoisotopic (exact) mass is 253 g/mol. The zero-order chi connectivity index (χ0) is 11.5. The Morgan fingerprint density at radius 2 is 2.06 bits per heavy atom. The molecule has 4 heteroatoms. The molecule has 0 bridgehead atoms. The molecular formula is C12H12ClNOS. The van der Waals surface area contributed by atoms with Crippen molar-refractivity contribution in [3.8, 4) is 5.75 Å². The summed E-state index contributed by atoms with van der Waals surface area (Å²) in [6.45, 7) is 4.54. The molecule has 0 saturated heterocycles. The second kappa shape index (κ2) is 4.85. The van der Waals surface area contributed by atoms with Crippen LogP contribution in [0.15, 0.2) is 24.3 Å². The average Bonchev–Trinajstić information content (AvgIpc) is 2.57. The van der Waals surface area contributed by atoms with Gasteiger partial charge >= 0.3 is 0 Å². The minimum absolute atomic E-state index is 0.475. The first-order chi connectivity index (χ1) is 7.66. The van der Waals surface area contributed by atoms with Crippen LogP contribution >= 0.6 is 22.9 Å². The molecule has 0 aliphatic carbocycles. The van der Waals surface area contributed by atoms with E-state index in [1.165, 1.54) is 4.88 Å². The summed E-state index contributed by atoms with van der Waals surface area (Å²) < 4.78 is 5.61. The zero-order valence-electron chi connectivity index (χ0n) is 9.16. The number of halogens is 1. The number of rotatable bonds is 3. The second-order valence-electron chi connectivity index (χ2n) is 3.47. The van der Waals surface area contributed by atoms with E-state index in [1.54, 1.807) is 11.3 Å². The molecule has 0 saturated carbocycles. The summed E-state index contributed by atoms with van der Waals surface area (Å²) in [4.78, 5) is 5.64. The maximum Gasteiger partial charge on any atom is 0.140 e. The molecule has 16 heavy (non-hydrogen) atoms. The molecule has 1 heterocycles. The summed E-state index contributed by atoms with van der Waals surface area (Å²) in [6, 6.07) is 7.46. The third kappa shape index (κ3) is 2.54. The van der Waals surface area contributed by atoms with Gasteiger partial charge in [-0.3, -0.25) is 0 Å². The van der Waals surface area contributed by atoms with Gasteiger partial charge in [0.1, 0.15) is 17.4 Å². The van der Waals surface area contributed by atoms with Crippen molar-refractivity contribution in [2.75, 3.05) is 0 Å². The van der Waals surface area contributed by atoms with E-state index >= 15 is 0 Å². The molecule has 1 aromatic heterocycles. The van der Waals surface area contributed by atoms with Crippen molar-refractivity contribution in [3.05, 3.63) is 44.9 Å². The van der Waals surface area contributed by atoms with Gasteiger partial charge in [-0.1, -0.05) is 23.7 Å². The molecule has 2 aromatic rings. The average molecular weight is 254 g/mol. The smallest absolute Gasteiger partial charge is 0.140 e. The molecule has 0 amide bonds. The molecule has 0 spiro atoms. The highest BCUT2D eigenvalue weighted by Gasteiger charge is 2.05. The van der Waals surface area contributed by atoms with Crippen LogP contribution in [0.5, 0.6) is 5.75 Å². The van der Waals surface area contributed by atoms with Crippen LogP contribution in [-0.4, -0.2) is 4.98 Å². The Balaban J connectivity index is 2.05. The summed E-state index contributed by atoms with van der Waals surface area (Å²) in [5.41, 5.74) is 1.07. The minimum Gasteiger partial charge on any atom is -0.485 e. The van der Waals surface area contributed by atoms with Crippen LogP contribution in [0.2, 0.25) is 5.02 Å². The lowest BCUT2D eigenvalue weighted by Crippen LogP contribution is -1.95. The third-order valence-corrected chi connectivity index (χ3v) is 3.62. The molecule has 0 atom stereocenters. The number of nitrogens with zero attached hydrogens (tertiary/aromatic N) is 1. The number of hydrogen-bond acceptors (Lipinski definition) is 3. The van der Waals surface area contributed by atoms with E-state index in [1.807, 2.05) is 31.2 Å². The van der Waals surface area contributed by atoms with Crippen molar-refractivity contribution in [2.24, 2.45) is 0 Å². The normalized spacial score (nSPS) is 10.4. The number of hydrogen-bond donors (Lipinski definition) is 0. The summed E-state index contributed by atoms with van der Waals surface area (Å²) in [5.74, 6) is 0.703. The SMILES string of the molecule is Cc1nc(COc2ccccc2Cl)sc1C. The number of aromatic nitrogens is 1. The van der Waals surface area contributed by atoms with Gasteiger partial charge in [0.05, 0.1) is 10.7 Å². The first-order valence-electron chi connectivity index (χ1n) is 4.97. The Kier molecular flexibility index (Phi) is 3.46. The van der Waals surface area contributed by atoms with Crippen LogP contribution in [0.4, 0.5) is 0 Å². The standard InChI is InChI=1S/C12H12ClNOS/c1-8-9(2)16-12(14-8)7-15-11-6-4-3-5-10(11)13/h3-6H,7H2,1-2H3. The first kappa shape index (κ1) is 11.4. The largest absolute Gasteiger partial charge is 0.485 e. The Morgan fingerprint density at radius 3 is 2.69 bits per heavy atom. The van der Waals surface area contributed by atoms with Crippen molar-refractivity contribution in [1.82, 2.24) is 4.98 Å². The van der Waals surface area contributed by atoms with Gasteiger partial charge in [-0.25, -0.2) is 4.98 Å². The molecule has 2 rings (SSSR count). The maximum absolute atomic E-state index is 5.98. The molecule has 0 fully saturated rings. The van der Waals surface area contributed by atoms with E-state index in [0.717, 1.165) is 10.7 Å². The van der Waals surface area contributed by atoms with E-state index < -0.39 is 0 Å². The summed E-state index contributed by atoms with van der Waals surface area (Å²) >= 11 is 7.65. The summed E-state index contributed by atoms with van der Waals surface area (Å²) in [5, 5.41) is 1.61. The Bertz CT molecular complexity index is 476. The topological polar surface area (TPSA) is 22.1 Å². The van der Waals surface area contributed by atoms with Crippen LogP contribution in [0.3, 0.4) is 0 Å². The number of aryl methyl sites for hydroxylation is 2. The van der Waals surface area contributed by atoms with Gasteiger partial charge in [-0.2, -0.15) is 0 Å². The first-order valence-corrected chi connectivity index (χ1v) is 6.16. The van der Waals surface area contributed by atoms with Gasteiger partial charge in [-0.15, -0.1) is 11.3 Å². The van der Waals surface area contributed by atoms with Crippen LogP contribution in [0.1, 0.15) is 15.6 Å². The summed E-state index contributed by atoms with van der Waals surface area (Å²) in [7, 11) is 0. The lowest BCUT2D eigenvalue weighted by atomic mass is 10.3. The van der Waals surface area contributed by atoms with Gasteiger partial charge in [-0.05, 0) is 26.0 Å². The van der Waals surface area contributed by atoms with Gasteiger partial charge in [0.25, 0.3) is 0 Å². The van der Waals surface area contributed by atoms with Crippen LogP contribution < -0.4 is 4.74 Å². The fourth-order valence-electron chi connectivity index (χ4n) is 1.30. The predicted octanol–water partition coefficient (Wildman–Crippen LogP) is 3.99. The molecule has 2 nitrogen and oxygen atoms in total. The van der Waals surface area contributed by atoms with Crippen LogP contribution in [0.25, 0.3) is 0 Å². The van der Waals surface area contributed by atoms with Gasteiger partial charge < -0.3 is 4.74 Å². The molecular weight excluding hydrogens is 242 g/mol. The molecule has 0 radical (unpaired) electrons. The zero-order valence-corrected chi connectivity index (χ0v) is 10.7. The molecule has 0 N–H and O–H groups in total. The minimum atomic E-state index is 0.475. The van der Waals surface area contributed by atoms with E-state index in [9.17, 15) is 0 Å². The number of benzene rings is 1. The summed E-state index contributed by atoms with van der Waals surface area (Å²) in [6.07, 6.45) is 0. The lowest BCUT2D eigenvalue weighted by Gasteiger charge is -2.05.